The van der Waals surface area contributed by atoms with Gasteiger partial charge < -0.3 is 15.4 Å². The lowest BCUT2D eigenvalue weighted by molar-refractivity contribution is 0.265. The maximum absolute atomic E-state index is 9.36. The number of hydrogen-bond acceptors (Lipinski definition) is 3. The SMILES string of the molecule is Nc1ccc2c(c1)nc(CO)n2CCC1CC1. The van der Waals surface area contributed by atoms with Gasteiger partial charge in [-0.15, -0.1) is 0 Å². The topological polar surface area (TPSA) is 64.1 Å². The highest BCUT2D eigenvalue weighted by molar-refractivity contribution is 5.79. The second kappa shape index (κ2) is 4.04. The number of fused-ring (bicyclic) bond motifs is 1. The van der Waals surface area contributed by atoms with Crippen LogP contribution >= 0.6 is 0 Å². The number of benzene rings is 1. The monoisotopic (exact) mass is 231 g/mol. The first-order valence-electron chi connectivity index (χ1n) is 6.13. The second-order valence-corrected chi connectivity index (χ2v) is 4.82. The quantitative estimate of drug-likeness (QED) is 0.790. The van der Waals surface area contributed by atoms with Crippen molar-refractivity contribution in [2.24, 2.45) is 5.92 Å². The largest absolute Gasteiger partial charge is 0.399 e. The predicted octanol–water partition coefficient (Wildman–Crippen LogP) is 1.91. The number of aromatic nitrogens is 2. The number of nitrogen functional groups attached to an aromatic ring is 1. The zero-order valence-corrected chi connectivity index (χ0v) is 9.76. The van der Waals surface area contributed by atoms with Gasteiger partial charge in [-0.2, -0.15) is 0 Å². The Kier molecular flexibility index (Phi) is 2.52. The number of nitrogens with two attached hydrogens (primary N) is 1. The third-order valence-corrected chi connectivity index (χ3v) is 3.45. The summed E-state index contributed by atoms with van der Waals surface area (Å²) in [6, 6.07) is 5.74. The average molecular weight is 231 g/mol. The molecule has 2 aromatic rings. The van der Waals surface area contributed by atoms with E-state index in [1.54, 1.807) is 0 Å². The summed E-state index contributed by atoms with van der Waals surface area (Å²) in [5, 5.41) is 9.36. The maximum Gasteiger partial charge on any atom is 0.135 e. The Balaban J connectivity index is 1.99. The average Bonchev–Trinajstić information content (AvgIpc) is 3.08. The molecule has 0 spiro atoms. The van der Waals surface area contributed by atoms with E-state index in [2.05, 4.69) is 9.55 Å². The molecule has 1 aromatic carbocycles. The molecule has 0 saturated heterocycles. The van der Waals surface area contributed by atoms with Crippen molar-refractivity contribution in [2.45, 2.75) is 32.4 Å². The minimum absolute atomic E-state index is 0.0146. The Labute approximate surface area is 100 Å². The molecular weight excluding hydrogens is 214 g/mol. The summed E-state index contributed by atoms with van der Waals surface area (Å²) in [6.45, 7) is 0.931. The van der Waals surface area contributed by atoms with E-state index in [4.69, 9.17) is 5.73 Å². The molecule has 0 bridgehead atoms. The van der Waals surface area contributed by atoms with Crippen LogP contribution in [-0.4, -0.2) is 14.7 Å². The van der Waals surface area contributed by atoms with E-state index in [9.17, 15) is 5.11 Å². The van der Waals surface area contributed by atoms with E-state index in [0.717, 1.165) is 29.3 Å². The zero-order valence-electron chi connectivity index (χ0n) is 9.76. The molecule has 1 heterocycles. The number of hydrogen-bond donors (Lipinski definition) is 2. The molecule has 4 nitrogen and oxygen atoms in total. The van der Waals surface area contributed by atoms with Crippen molar-refractivity contribution in [3.05, 3.63) is 24.0 Å². The third kappa shape index (κ3) is 2.00. The smallest absolute Gasteiger partial charge is 0.135 e. The molecule has 1 aliphatic carbocycles. The Morgan fingerprint density at radius 2 is 2.24 bits per heavy atom. The van der Waals surface area contributed by atoms with Crippen molar-refractivity contribution >= 4 is 16.7 Å². The number of aliphatic hydroxyl groups excluding tert-OH is 1. The van der Waals surface area contributed by atoms with Gasteiger partial charge in [-0.25, -0.2) is 4.98 Å². The van der Waals surface area contributed by atoms with E-state index in [1.165, 1.54) is 19.3 Å². The molecule has 3 N–H and O–H groups in total. The summed E-state index contributed by atoms with van der Waals surface area (Å²) in [7, 11) is 0. The molecule has 3 rings (SSSR count). The van der Waals surface area contributed by atoms with Gasteiger partial charge in [-0.1, -0.05) is 12.8 Å². The first kappa shape index (κ1) is 10.6. The summed E-state index contributed by atoms with van der Waals surface area (Å²) >= 11 is 0. The molecule has 1 fully saturated rings. The standard InChI is InChI=1S/C13H17N3O/c14-10-3-4-12-11(7-10)15-13(8-17)16(12)6-5-9-1-2-9/h3-4,7,9,17H,1-2,5-6,8,14H2. The zero-order chi connectivity index (χ0) is 11.8. The molecule has 1 aliphatic rings. The van der Waals surface area contributed by atoms with E-state index in [1.807, 2.05) is 18.2 Å². The Morgan fingerprint density at radius 1 is 1.41 bits per heavy atom. The van der Waals surface area contributed by atoms with Gasteiger partial charge in [-0.3, -0.25) is 0 Å². The Morgan fingerprint density at radius 3 is 2.94 bits per heavy atom. The van der Waals surface area contributed by atoms with Crippen LogP contribution in [0.5, 0.6) is 0 Å². The molecule has 90 valence electrons. The summed E-state index contributed by atoms with van der Waals surface area (Å²) < 4.78 is 2.12. The lowest BCUT2D eigenvalue weighted by atomic mass is 10.2. The number of aliphatic hydroxyl groups is 1. The number of aryl methyl sites for hydroxylation is 1. The van der Waals surface area contributed by atoms with E-state index < -0.39 is 0 Å². The predicted molar refractivity (Wildman–Crippen MR) is 67.4 cm³/mol. The fourth-order valence-electron chi connectivity index (χ4n) is 2.29. The summed E-state index contributed by atoms with van der Waals surface area (Å²) in [4.78, 5) is 4.42. The first-order chi connectivity index (χ1) is 8.28. The van der Waals surface area contributed by atoms with Crippen molar-refractivity contribution in [2.75, 3.05) is 5.73 Å². The Bertz CT molecular complexity index is 543. The maximum atomic E-state index is 9.36. The minimum atomic E-state index is -0.0146. The molecule has 0 unspecified atom stereocenters. The number of imidazole rings is 1. The molecule has 0 amide bonds. The summed E-state index contributed by atoms with van der Waals surface area (Å²) in [6.07, 6.45) is 3.89. The molecule has 17 heavy (non-hydrogen) atoms. The highest BCUT2D eigenvalue weighted by Crippen LogP contribution is 2.33. The fraction of sp³-hybridized carbons (Fsp3) is 0.462. The lowest BCUT2D eigenvalue weighted by Crippen LogP contribution is -2.04. The van der Waals surface area contributed by atoms with Crippen molar-refractivity contribution in [1.29, 1.82) is 0 Å². The van der Waals surface area contributed by atoms with Crippen molar-refractivity contribution in [3.63, 3.8) is 0 Å². The molecule has 1 aromatic heterocycles. The van der Waals surface area contributed by atoms with Crippen LogP contribution in [-0.2, 0) is 13.2 Å². The van der Waals surface area contributed by atoms with Crippen LogP contribution in [0.2, 0.25) is 0 Å². The molecule has 1 saturated carbocycles. The van der Waals surface area contributed by atoms with Gasteiger partial charge in [0.05, 0.1) is 11.0 Å². The highest BCUT2D eigenvalue weighted by atomic mass is 16.3. The second-order valence-electron chi connectivity index (χ2n) is 4.82. The molecule has 0 aliphatic heterocycles. The van der Waals surface area contributed by atoms with E-state index >= 15 is 0 Å². The highest BCUT2D eigenvalue weighted by Gasteiger charge is 2.21. The molecule has 0 atom stereocenters. The van der Waals surface area contributed by atoms with E-state index in [0.29, 0.717) is 5.69 Å². The van der Waals surface area contributed by atoms with Gasteiger partial charge in [0.15, 0.2) is 0 Å². The van der Waals surface area contributed by atoms with Gasteiger partial charge in [0, 0.05) is 12.2 Å². The van der Waals surface area contributed by atoms with Crippen LogP contribution in [0.4, 0.5) is 5.69 Å². The minimum Gasteiger partial charge on any atom is -0.399 e. The number of anilines is 1. The van der Waals surface area contributed by atoms with Gasteiger partial charge in [-0.05, 0) is 30.5 Å². The van der Waals surface area contributed by atoms with Crippen molar-refractivity contribution in [1.82, 2.24) is 9.55 Å². The lowest BCUT2D eigenvalue weighted by Gasteiger charge is -2.06. The number of rotatable bonds is 4. The van der Waals surface area contributed by atoms with Gasteiger partial charge >= 0.3 is 0 Å². The van der Waals surface area contributed by atoms with Gasteiger partial charge in [0.1, 0.15) is 12.4 Å². The summed E-state index contributed by atoms with van der Waals surface area (Å²) in [5.74, 6) is 1.62. The van der Waals surface area contributed by atoms with Crippen LogP contribution in [0.15, 0.2) is 18.2 Å². The third-order valence-electron chi connectivity index (χ3n) is 3.45. The van der Waals surface area contributed by atoms with Gasteiger partial charge in [0.25, 0.3) is 0 Å². The molecule has 0 radical (unpaired) electrons. The van der Waals surface area contributed by atoms with Crippen LogP contribution in [0.3, 0.4) is 0 Å². The van der Waals surface area contributed by atoms with Crippen molar-refractivity contribution < 1.29 is 5.11 Å². The van der Waals surface area contributed by atoms with E-state index in [-0.39, 0.29) is 6.61 Å². The van der Waals surface area contributed by atoms with Crippen LogP contribution in [0.25, 0.3) is 11.0 Å². The van der Waals surface area contributed by atoms with Gasteiger partial charge in [0.2, 0.25) is 0 Å². The molecular formula is C13H17N3O. The molecule has 4 heteroatoms. The van der Waals surface area contributed by atoms with Crippen LogP contribution in [0.1, 0.15) is 25.1 Å². The normalized spacial score (nSPS) is 15.6. The summed E-state index contributed by atoms with van der Waals surface area (Å²) in [5.41, 5.74) is 8.41. The first-order valence-corrected chi connectivity index (χ1v) is 6.13. The number of nitrogens with zero attached hydrogens (tertiary/aromatic N) is 2. The van der Waals surface area contributed by atoms with Crippen LogP contribution < -0.4 is 5.73 Å². The Hall–Kier alpha value is -1.55. The fourth-order valence-corrected chi connectivity index (χ4v) is 2.29. The van der Waals surface area contributed by atoms with Crippen LogP contribution in [0, 0.1) is 5.92 Å². The van der Waals surface area contributed by atoms with Crippen molar-refractivity contribution in [3.8, 4) is 0 Å².